The molecular formula is C19H23NO2. The molecule has 0 saturated carbocycles. The Hall–Kier alpha value is -1.84. The Labute approximate surface area is 131 Å². The van der Waals surface area contributed by atoms with Gasteiger partial charge in [-0.1, -0.05) is 48.5 Å². The Kier molecular flexibility index (Phi) is 4.46. The van der Waals surface area contributed by atoms with E-state index >= 15 is 0 Å². The minimum Gasteiger partial charge on any atom is -0.496 e. The Morgan fingerprint density at radius 3 is 2.32 bits per heavy atom. The third-order valence-electron chi connectivity index (χ3n) is 4.66. The van der Waals surface area contributed by atoms with Crippen molar-refractivity contribution in [2.24, 2.45) is 5.92 Å². The van der Waals surface area contributed by atoms with E-state index in [4.69, 9.17) is 4.74 Å². The van der Waals surface area contributed by atoms with E-state index in [2.05, 4.69) is 5.32 Å². The summed E-state index contributed by atoms with van der Waals surface area (Å²) in [6.45, 7) is 1.88. The first-order chi connectivity index (χ1) is 10.8. The van der Waals surface area contributed by atoms with Crippen molar-refractivity contribution in [3.05, 3.63) is 65.7 Å². The number of hydrogen-bond acceptors (Lipinski definition) is 3. The van der Waals surface area contributed by atoms with Crippen molar-refractivity contribution in [2.45, 2.75) is 18.4 Å². The molecule has 1 saturated heterocycles. The maximum atomic E-state index is 11.8. The number of aliphatic hydroxyl groups is 1. The lowest BCUT2D eigenvalue weighted by atomic mass is 9.72. The fourth-order valence-corrected chi connectivity index (χ4v) is 3.50. The van der Waals surface area contributed by atoms with E-state index < -0.39 is 5.60 Å². The maximum Gasteiger partial charge on any atom is 0.125 e. The van der Waals surface area contributed by atoms with E-state index in [-0.39, 0.29) is 5.92 Å². The molecule has 2 aromatic rings. The van der Waals surface area contributed by atoms with Crippen molar-refractivity contribution in [2.75, 3.05) is 20.2 Å². The second-order valence-corrected chi connectivity index (χ2v) is 5.86. The molecule has 1 fully saturated rings. The van der Waals surface area contributed by atoms with Gasteiger partial charge < -0.3 is 15.2 Å². The summed E-state index contributed by atoms with van der Waals surface area (Å²) in [7, 11) is 1.66. The van der Waals surface area contributed by atoms with Gasteiger partial charge in [-0.2, -0.15) is 0 Å². The third-order valence-corrected chi connectivity index (χ3v) is 4.66. The molecule has 3 rings (SSSR count). The zero-order valence-corrected chi connectivity index (χ0v) is 13.0. The number of rotatable bonds is 4. The van der Waals surface area contributed by atoms with Gasteiger partial charge in [-0.15, -0.1) is 0 Å². The summed E-state index contributed by atoms with van der Waals surface area (Å²) < 4.78 is 5.53. The summed E-state index contributed by atoms with van der Waals surface area (Å²) in [4.78, 5) is 0. The highest BCUT2D eigenvalue weighted by Crippen LogP contribution is 2.44. The highest BCUT2D eigenvalue weighted by molar-refractivity contribution is 5.45. The Morgan fingerprint density at radius 1 is 1.00 bits per heavy atom. The van der Waals surface area contributed by atoms with Crippen LogP contribution >= 0.6 is 0 Å². The van der Waals surface area contributed by atoms with Gasteiger partial charge in [0, 0.05) is 5.56 Å². The third kappa shape index (κ3) is 2.62. The SMILES string of the molecule is COc1ccccc1C(O)(c1ccccc1)C1CCNCC1. The lowest BCUT2D eigenvalue weighted by Crippen LogP contribution is -2.42. The number of para-hydroxylation sites is 1. The molecule has 0 aromatic heterocycles. The number of hydrogen-bond donors (Lipinski definition) is 2. The summed E-state index contributed by atoms with van der Waals surface area (Å²) in [5, 5.41) is 15.2. The second kappa shape index (κ2) is 6.51. The Bertz CT molecular complexity index is 608. The highest BCUT2D eigenvalue weighted by Gasteiger charge is 2.42. The number of ether oxygens (including phenoxy) is 1. The van der Waals surface area contributed by atoms with E-state index in [0.29, 0.717) is 0 Å². The maximum absolute atomic E-state index is 11.8. The molecule has 22 heavy (non-hydrogen) atoms. The molecule has 116 valence electrons. The fraction of sp³-hybridized carbons (Fsp3) is 0.368. The predicted molar refractivity (Wildman–Crippen MR) is 88.0 cm³/mol. The van der Waals surface area contributed by atoms with E-state index in [0.717, 1.165) is 42.8 Å². The lowest BCUT2D eigenvalue weighted by molar-refractivity contribution is 0.000500. The predicted octanol–water partition coefficient (Wildman–Crippen LogP) is 2.93. The van der Waals surface area contributed by atoms with Crippen molar-refractivity contribution >= 4 is 0 Å². The Balaban J connectivity index is 2.14. The molecule has 1 aliphatic rings. The summed E-state index contributed by atoms with van der Waals surface area (Å²) in [6, 6.07) is 17.8. The second-order valence-electron chi connectivity index (χ2n) is 5.86. The van der Waals surface area contributed by atoms with Crippen LogP contribution in [0, 0.1) is 5.92 Å². The fourth-order valence-electron chi connectivity index (χ4n) is 3.50. The van der Waals surface area contributed by atoms with E-state index in [1.807, 2.05) is 54.6 Å². The van der Waals surface area contributed by atoms with Crippen LogP contribution in [0.15, 0.2) is 54.6 Å². The van der Waals surface area contributed by atoms with Crippen molar-refractivity contribution < 1.29 is 9.84 Å². The minimum atomic E-state index is -1.02. The number of piperidine rings is 1. The molecule has 3 nitrogen and oxygen atoms in total. The van der Waals surface area contributed by atoms with Crippen LogP contribution in [0.5, 0.6) is 5.75 Å². The van der Waals surface area contributed by atoms with Crippen LogP contribution in [0.4, 0.5) is 0 Å². The number of benzene rings is 2. The van der Waals surface area contributed by atoms with E-state index in [9.17, 15) is 5.11 Å². The topological polar surface area (TPSA) is 41.5 Å². The molecular weight excluding hydrogens is 274 g/mol. The molecule has 3 heteroatoms. The zero-order chi connectivity index (χ0) is 15.4. The molecule has 0 radical (unpaired) electrons. The largest absolute Gasteiger partial charge is 0.496 e. The van der Waals surface area contributed by atoms with Crippen molar-refractivity contribution in [1.82, 2.24) is 5.32 Å². The summed E-state index contributed by atoms with van der Waals surface area (Å²) >= 11 is 0. The molecule has 0 amide bonds. The minimum absolute atomic E-state index is 0.174. The quantitative estimate of drug-likeness (QED) is 0.911. The van der Waals surface area contributed by atoms with E-state index in [1.54, 1.807) is 7.11 Å². The first kappa shape index (κ1) is 15.1. The number of methoxy groups -OCH3 is 1. The zero-order valence-electron chi connectivity index (χ0n) is 13.0. The molecule has 1 atom stereocenters. The van der Waals surface area contributed by atoms with Gasteiger partial charge in [0.15, 0.2) is 0 Å². The van der Waals surface area contributed by atoms with Crippen LogP contribution in [0.2, 0.25) is 0 Å². The molecule has 0 aliphatic carbocycles. The standard InChI is InChI=1S/C19H23NO2/c1-22-18-10-6-5-9-17(18)19(21,15-7-3-2-4-8-15)16-11-13-20-14-12-16/h2-10,16,20-21H,11-14H2,1H3. The molecule has 1 aliphatic heterocycles. The average molecular weight is 297 g/mol. The molecule has 2 aromatic carbocycles. The first-order valence-corrected chi connectivity index (χ1v) is 7.89. The summed E-state index contributed by atoms with van der Waals surface area (Å²) in [5.74, 6) is 0.917. The Morgan fingerprint density at radius 2 is 1.64 bits per heavy atom. The van der Waals surface area contributed by atoms with Crippen LogP contribution in [0.3, 0.4) is 0 Å². The lowest BCUT2D eigenvalue weighted by Gasteiger charge is -2.40. The molecule has 0 spiro atoms. The smallest absolute Gasteiger partial charge is 0.125 e. The van der Waals surface area contributed by atoms with Crippen LogP contribution in [-0.4, -0.2) is 25.3 Å². The summed E-state index contributed by atoms with van der Waals surface area (Å²) in [5.41, 5.74) is 0.776. The average Bonchev–Trinajstić information content (AvgIpc) is 2.62. The van der Waals surface area contributed by atoms with Gasteiger partial charge in [-0.05, 0) is 43.5 Å². The van der Waals surface area contributed by atoms with Gasteiger partial charge in [-0.25, -0.2) is 0 Å². The van der Waals surface area contributed by atoms with E-state index in [1.165, 1.54) is 0 Å². The first-order valence-electron chi connectivity index (χ1n) is 7.89. The van der Waals surface area contributed by atoms with Crippen molar-refractivity contribution in [3.63, 3.8) is 0 Å². The van der Waals surface area contributed by atoms with Crippen molar-refractivity contribution in [1.29, 1.82) is 0 Å². The van der Waals surface area contributed by atoms with Gasteiger partial charge in [0.2, 0.25) is 0 Å². The monoisotopic (exact) mass is 297 g/mol. The normalized spacial score (nSPS) is 18.6. The van der Waals surface area contributed by atoms with Crippen LogP contribution < -0.4 is 10.1 Å². The van der Waals surface area contributed by atoms with Gasteiger partial charge in [0.05, 0.1) is 7.11 Å². The van der Waals surface area contributed by atoms with Gasteiger partial charge >= 0.3 is 0 Å². The van der Waals surface area contributed by atoms with Gasteiger partial charge in [-0.3, -0.25) is 0 Å². The molecule has 0 bridgehead atoms. The van der Waals surface area contributed by atoms with Crippen LogP contribution in [0.1, 0.15) is 24.0 Å². The summed E-state index contributed by atoms with van der Waals surface area (Å²) in [6.07, 6.45) is 1.90. The van der Waals surface area contributed by atoms with Crippen molar-refractivity contribution in [3.8, 4) is 5.75 Å². The molecule has 1 heterocycles. The number of nitrogens with one attached hydrogen (secondary N) is 1. The highest BCUT2D eigenvalue weighted by atomic mass is 16.5. The molecule has 1 unspecified atom stereocenters. The van der Waals surface area contributed by atoms with Crippen LogP contribution in [-0.2, 0) is 5.60 Å². The molecule has 2 N–H and O–H groups in total. The van der Waals surface area contributed by atoms with Crippen LogP contribution in [0.25, 0.3) is 0 Å². The van der Waals surface area contributed by atoms with Gasteiger partial charge in [0.25, 0.3) is 0 Å². The van der Waals surface area contributed by atoms with Gasteiger partial charge in [0.1, 0.15) is 11.4 Å².